The molecule has 0 aliphatic rings. The number of benzene rings is 1. The molecule has 0 aromatic heterocycles. The molecule has 0 aliphatic carbocycles. The summed E-state index contributed by atoms with van der Waals surface area (Å²) in [4.78, 5) is 0. The van der Waals surface area contributed by atoms with Gasteiger partial charge in [0, 0.05) is 6.04 Å². The van der Waals surface area contributed by atoms with Gasteiger partial charge >= 0.3 is 0 Å². The minimum Gasteiger partial charge on any atom is -0.271 e. The second-order valence-corrected chi connectivity index (χ2v) is 5.00. The Labute approximate surface area is 114 Å². The maximum atomic E-state index is 13.4. The molecule has 2 nitrogen and oxygen atoms in total. The SMILES string of the molecule is CCCCCCCC(NN)c1ccc(Cl)c(F)c1. The number of hydrogen-bond acceptors (Lipinski definition) is 2. The highest BCUT2D eigenvalue weighted by atomic mass is 35.5. The van der Waals surface area contributed by atoms with E-state index in [4.69, 9.17) is 17.4 Å². The highest BCUT2D eigenvalue weighted by Crippen LogP contribution is 2.23. The number of unbranched alkanes of at least 4 members (excludes halogenated alkanes) is 4. The molecule has 3 N–H and O–H groups in total. The molecule has 4 heteroatoms. The number of halogens is 2. The van der Waals surface area contributed by atoms with Crippen molar-refractivity contribution >= 4 is 11.6 Å². The third-order valence-electron chi connectivity index (χ3n) is 3.14. The van der Waals surface area contributed by atoms with Gasteiger partial charge in [0.25, 0.3) is 0 Å². The lowest BCUT2D eigenvalue weighted by atomic mass is 10.0. The van der Waals surface area contributed by atoms with Gasteiger partial charge in [-0.15, -0.1) is 0 Å². The molecule has 0 fully saturated rings. The molecule has 0 bridgehead atoms. The van der Waals surface area contributed by atoms with Crippen molar-refractivity contribution in [3.8, 4) is 0 Å². The van der Waals surface area contributed by atoms with Gasteiger partial charge in [-0.1, -0.05) is 56.7 Å². The van der Waals surface area contributed by atoms with Gasteiger partial charge in [0.15, 0.2) is 0 Å². The van der Waals surface area contributed by atoms with E-state index in [1.165, 1.54) is 31.7 Å². The van der Waals surface area contributed by atoms with Gasteiger partial charge < -0.3 is 0 Å². The summed E-state index contributed by atoms with van der Waals surface area (Å²) in [5.74, 6) is 5.14. The first-order valence-electron chi connectivity index (χ1n) is 6.60. The van der Waals surface area contributed by atoms with Crippen LogP contribution in [-0.4, -0.2) is 0 Å². The van der Waals surface area contributed by atoms with Gasteiger partial charge in [-0.2, -0.15) is 0 Å². The Morgan fingerprint density at radius 3 is 2.61 bits per heavy atom. The predicted molar refractivity (Wildman–Crippen MR) is 74.9 cm³/mol. The highest BCUT2D eigenvalue weighted by Gasteiger charge is 2.11. The fourth-order valence-corrected chi connectivity index (χ4v) is 2.14. The van der Waals surface area contributed by atoms with Crippen molar-refractivity contribution in [1.82, 2.24) is 5.43 Å². The molecule has 102 valence electrons. The smallest absolute Gasteiger partial charge is 0.142 e. The quantitative estimate of drug-likeness (QED) is 0.420. The van der Waals surface area contributed by atoms with Crippen LogP contribution in [0, 0.1) is 5.82 Å². The molecule has 1 atom stereocenters. The van der Waals surface area contributed by atoms with Crippen LogP contribution in [0.2, 0.25) is 5.02 Å². The Morgan fingerprint density at radius 2 is 2.00 bits per heavy atom. The fourth-order valence-electron chi connectivity index (χ4n) is 2.03. The van der Waals surface area contributed by atoms with Gasteiger partial charge in [0.2, 0.25) is 0 Å². The third kappa shape index (κ3) is 4.92. The van der Waals surface area contributed by atoms with Gasteiger partial charge in [0.1, 0.15) is 5.82 Å². The van der Waals surface area contributed by atoms with Gasteiger partial charge in [-0.05, 0) is 24.1 Å². The summed E-state index contributed by atoms with van der Waals surface area (Å²) >= 11 is 5.66. The van der Waals surface area contributed by atoms with E-state index in [0.717, 1.165) is 18.4 Å². The molecule has 0 amide bonds. The maximum absolute atomic E-state index is 13.4. The first-order chi connectivity index (χ1) is 8.69. The number of hydrogen-bond donors (Lipinski definition) is 2. The van der Waals surface area contributed by atoms with Crippen molar-refractivity contribution in [2.75, 3.05) is 0 Å². The Bertz CT molecular complexity index is 358. The lowest BCUT2D eigenvalue weighted by Gasteiger charge is -2.16. The van der Waals surface area contributed by atoms with Crippen LogP contribution < -0.4 is 11.3 Å². The van der Waals surface area contributed by atoms with Crippen molar-refractivity contribution in [2.45, 2.75) is 51.5 Å². The Morgan fingerprint density at radius 1 is 1.28 bits per heavy atom. The number of nitrogens with one attached hydrogen (secondary N) is 1. The zero-order valence-electron chi connectivity index (χ0n) is 10.9. The average Bonchev–Trinajstić information content (AvgIpc) is 2.37. The van der Waals surface area contributed by atoms with Crippen LogP contribution >= 0.6 is 11.6 Å². The summed E-state index contributed by atoms with van der Waals surface area (Å²) in [6, 6.07) is 4.85. The molecule has 1 unspecified atom stereocenters. The monoisotopic (exact) mass is 272 g/mol. The van der Waals surface area contributed by atoms with E-state index in [2.05, 4.69) is 12.3 Å². The summed E-state index contributed by atoms with van der Waals surface area (Å²) in [5, 5.41) is 0.150. The topological polar surface area (TPSA) is 38.0 Å². The van der Waals surface area contributed by atoms with Crippen molar-refractivity contribution in [2.24, 2.45) is 5.84 Å². The minimum atomic E-state index is -0.389. The molecule has 1 rings (SSSR count). The molecule has 0 saturated carbocycles. The van der Waals surface area contributed by atoms with E-state index in [9.17, 15) is 4.39 Å². The minimum absolute atomic E-state index is 0.00149. The molecule has 18 heavy (non-hydrogen) atoms. The third-order valence-corrected chi connectivity index (χ3v) is 3.45. The van der Waals surface area contributed by atoms with Crippen molar-refractivity contribution in [3.05, 3.63) is 34.6 Å². The molecule has 0 saturated heterocycles. The summed E-state index contributed by atoms with van der Waals surface area (Å²) in [7, 11) is 0. The summed E-state index contributed by atoms with van der Waals surface area (Å²) in [6.45, 7) is 2.20. The number of nitrogens with two attached hydrogens (primary N) is 1. The molecule has 0 spiro atoms. The van der Waals surface area contributed by atoms with Gasteiger partial charge in [0.05, 0.1) is 5.02 Å². The first-order valence-corrected chi connectivity index (χ1v) is 6.98. The molecule has 1 aromatic carbocycles. The standard InChI is InChI=1S/C14H22ClFN2/c1-2-3-4-5-6-7-14(18-17)11-8-9-12(15)13(16)10-11/h8-10,14,18H,2-7,17H2,1H3. The Hall–Kier alpha value is -0.640. The van der Waals surface area contributed by atoms with Crippen molar-refractivity contribution in [3.63, 3.8) is 0 Å². The largest absolute Gasteiger partial charge is 0.271 e. The first kappa shape index (κ1) is 15.4. The van der Waals surface area contributed by atoms with Crippen LogP contribution in [0.5, 0.6) is 0 Å². The van der Waals surface area contributed by atoms with E-state index in [0.29, 0.717) is 0 Å². The second kappa shape index (κ2) is 8.46. The van der Waals surface area contributed by atoms with Crippen LogP contribution in [0.25, 0.3) is 0 Å². The normalized spacial score (nSPS) is 12.7. The van der Waals surface area contributed by atoms with Crippen LogP contribution in [0.4, 0.5) is 4.39 Å². The van der Waals surface area contributed by atoms with E-state index in [-0.39, 0.29) is 16.9 Å². The van der Waals surface area contributed by atoms with E-state index >= 15 is 0 Å². The van der Waals surface area contributed by atoms with Crippen LogP contribution in [-0.2, 0) is 0 Å². The Kier molecular flexibility index (Phi) is 7.25. The van der Waals surface area contributed by atoms with Crippen molar-refractivity contribution < 1.29 is 4.39 Å². The van der Waals surface area contributed by atoms with Gasteiger partial charge in [-0.25, -0.2) is 4.39 Å². The van der Waals surface area contributed by atoms with Crippen LogP contribution in [0.15, 0.2) is 18.2 Å². The molecule has 0 heterocycles. The summed E-state index contributed by atoms with van der Waals surface area (Å²) in [5.41, 5.74) is 3.60. The average molecular weight is 273 g/mol. The summed E-state index contributed by atoms with van der Waals surface area (Å²) < 4.78 is 13.4. The number of rotatable bonds is 8. The zero-order chi connectivity index (χ0) is 13.4. The fraction of sp³-hybridized carbons (Fsp3) is 0.571. The van der Waals surface area contributed by atoms with Gasteiger partial charge in [-0.3, -0.25) is 11.3 Å². The highest BCUT2D eigenvalue weighted by molar-refractivity contribution is 6.30. The predicted octanol–water partition coefficient (Wildman–Crippen LogP) is 4.34. The lowest BCUT2D eigenvalue weighted by Crippen LogP contribution is -2.28. The van der Waals surface area contributed by atoms with E-state index in [1.807, 2.05) is 6.07 Å². The van der Waals surface area contributed by atoms with Crippen LogP contribution in [0.3, 0.4) is 0 Å². The molecule has 0 radical (unpaired) electrons. The molecular weight excluding hydrogens is 251 g/mol. The second-order valence-electron chi connectivity index (χ2n) is 4.60. The molecule has 0 aliphatic heterocycles. The van der Waals surface area contributed by atoms with E-state index in [1.54, 1.807) is 6.07 Å². The summed E-state index contributed by atoms with van der Waals surface area (Å²) in [6.07, 6.45) is 6.97. The van der Waals surface area contributed by atoms with Crippen molar-refractivity contribution in [1.29, 1.82) is 0 Å². The Balaban J connectivity index is 2.47. The zero-order valence-corrected chi connectivity index (χ0v) is 11.6. The lowest BCUT2D eigenvalue weighted by molar-refractivity contribution is 0.476. The molecular formula is C14H22ClFN2. The maximum Gasteiger partial charge on any atom is 0.142 e. The molecule has 1 aromatic rings. The number of hydrazine groups is 1. The van der Waals surface area contributed by atoms with E-state index < -0.39 is 0 Å². The van der Waals surface area contributed by atoms with Crippen LogP contribution in [0.1, 0.15) is 57.1 Å².